The van der Waals surface area contributed by atoms with Gasteiger partial charge in [0.1, 0.15) is 0 Å². The largest absolute Gasteiger partial charge is 0.477 e. The van der Waals surface area contributed by atoms with Crippen molar-refractivity contribution in [3.8, 4) is 5.88 Å². The molecular weight excluding hydrogens is 206 g/mol. The van der Waals surface area contributed by atoms with E-state index in [0.717, 1.165) is 10.9 Å². The minimum absolute atomic E-state index is 0.0957. The number of hydrogen-bond acceptors (Lipinski definition) is 5. The Bertz CT molecular complexity index is 488. The number of nitrogens with two attached hydrogens (primary N) is 1. The predicted octanol–water partition coefficient (Wildman–Crippen LogP) is 0.973. The zero-order valence-electron chi connectivity index (χ0n) is 8.76. The molecule has 0 radical (unpaired) electrons. The van der Waals surface area contributed by atoms with Crippen LogP contribution in [0, 0.1) is 0 Å². The Morgan fingerprint density at radius 2 is 2.06 bits per heavy atom. The van der Waals surface area contributed by atoms with Crippen LogP contribution in [0.4, 0.5) is 5.95 Å². The molecule has 0 atom stereocenters. The van der Waals surface area contributed by atoms with Crippen molar-refractivity contribution in [2.45, 2.75) is 6.42 Å². The Kier molecular flexibility index (Phi) is 3.16. The molecule has 1 aromatic heterocycles. The SMILES string of the molecule is Nc1nc(OCCCO)c2ccccc2n1. The molecule has 0 saturated heterocycles. The number of ether oxygens (including phenoxy) is 1. The van der Waals surface area contributed by atoms with Crippen molar-refractivity contribution in [3.05, 3.63) is 24.3 Å². The quantitative estimate of drug-likeness (QED) is 0.749. The van der Waals surface area contributed by atoms with E-state index in [-0.39, 0.29) is 12.6 Å². The zero-order chi connectivity index (χ0) is 11.4. The number of benzene rings is 1. The Morgan fingerprint density at radius 3 is 2.88 bits per heavy atom. The maximum Gasteiger partial charge on any atom is 0.226 e. The molecule has 0 saturated carbocycles. The molecule has 0 fully saturated rings. The second-order valence-corrected chi connectivity index (χ2v) is 3.33. The third kappa shape index (κ3) is 2.20. The highest BCUT2D eigenvalue weighted by Gasteiger charge is 2.06. The lowest BCUT2D eigenvalue weighted by atomic mass is 10.2. The van der Waals surface area contributed by atoms with Gasteiger partial charge in [-0.15, -0.1) is 0 Å². The molecule has 3 N–H and O–H groups in total. The predicted molar refractivity (Wildman–Crippen MR) is 61.1 cm³/mol. The van der Waals surface area contributed by atoms with Gasteiger partial charge in [0.25, 0.3) is 0 Å². The molecule has 0 aliphatic carbocycles. The maximum absolute atomic E-state index is 8.67. The molecule has 0 spiro atoms. The molecule has 1 heterocycles. The fraction of sp³-hybridized carbons (Fsp3) is 0.273. The first kappa shape index (κ1) is 10.6. The van der Waals surface area contributed by atoms with E-state index in [2.05, 4.69) is 9.97 Å². The van der Waals surface area contributed by atoms with Crippen molar-refractivity contribution < 1.29 is 9.84 Å². The van der Waals surface area contributed by atoms with Crippen molar-refractivity contribution >= 4 is 16.9 Å². The van der Waals surface area contributed by atoms with Crippen LogP contribution >= 0.6 is 0 Å². The summed E-state index contributed by atoms with van der Waals surface area (Å²) in [5, 5.41) is 9.50. The van der Waals surface area contributed by atoms with Crippen LogP contribution < -0.4 is 10.5 Å². The van der Waals surface area contributed by atoms with Gasteiger partial charge in [-0.25, -0.2) is 4.98 Å². The summed E-state index contributed by atoms with van der Waals surface area (Å²) in [7, 11) is 0. The number of nitrogen functional groups attached to an aromatic ring is 1. The average molecular weight is 219 g/mol. The molecule has 0 aliphatic rings. The zero-order valence-corrected chi connectivity index (χ0v) is 8.76. The van der Waals surface area contributed by atoms with Crippen LogP contribution in [0.2, 0.25) is 0 Å². The number of aromatic nitrogens is 2. The van der Waals surface area contributed by atoms with Gasteiger partial charge in [0.05, 0.1) is 17.5 Å². The third-order valence-electron chi connectivity index (χ3n) is 2.13. The molecule has 84 valence electrons. The number of aliphatic hydroxyl groups excluding tert-OH is 1. The number of aliphatic hydroxyl groups is 1. The van der Waals surface area contributed by atoms with Gasteiger partial charge in [-0.05, 0) is 12.1 Å². The van der Waals surface area contributed by atoms with Crippen molar-refractivity contribution in [1.29, 1.82) is 0 Å². The highest BCUT2D eigenvalue weighted by Crippen LogP contribution is 2.22. The van der Waals surface area contributed by atoms with E-state index in [4.69, 9.17) is 15.6 Å². The molecule has 0 bridgehead atoms. The van der Waals surface area contributed by atoms with Crippen molar-refractivity contribution in [1.82, 2.24) is 9.97 Å². The first-order valence-corrected chi connectivity index (χ1v) is 5.07. The second kappa shape index (κ2) is 4.76. The molecule has 5 heteroatoms. The van der Waals surface area contributed by atoms with Crippen LogP contribution in [-0.2, 0) is 0 Å². The fourth-order valence-electron chi connectivity index (χ4n) is 1.41. The Hall–Kier alpha value is -1.88. The summed E-state index contributed by atoms with van der Waals surface area (Å²) in [6.07, 6.45) is 0.568. The first-order chi connectivity index (χ1) is 7.81. The van der Waals surface area contributed by atoms with Gasteiger partial charge in [0, 0.05) is 13.0 Å². The summed E-state index contributed by atoms with van der Waals surface area (Å²) in [6, 6.07) is 7.50. The van der Waals surface area contributed by atoms with Crippen molar-refractivity contribution in [2.24, 2.45) is 0 Å². The highest BCUT2D eigenvalue weighted by atomic mass is 16.5. The van der Waals surface area contributed by atoms with Crippen LogP contribution in [-0.4, -0.2) is 28.3 Å². The standard InChI is InChI=1S/C11H13N3O2/c12-11-13-9-5-2-1-4-8(9)10(14-11)16-7-3-6-15/h1-2,4-5,15H,3,6-7H2,(H2,12,13,14). The molecule has 2 aromatic rings. The van der Waals surface area contributed by atoms with Gasteiger partial charge in [-0.2, -0.15) is 4.98 Å². The topological polar surface area (TPSA) is 81.3 Å². The van der Waals surface area contributed by atoms with Gasteiger partial charge in [0.2, 0.25) is 11.8 Å². The van der Waals surface area contributed by atoms with E-state index < -0.39 is 0 Å². The van der Waals surface area contributed by atoms with E-state index in [9.17, 15) is 0 Å². The molecule has 1 aromatic carbocycles. The lowest BCUT2D eigenvalue weighted by molar-refractivity contribution is 0.231. The van der Waals surface area contributed by atoms with E-state index >= 15 is 0 Å². The minimum Gasteiger partial charge on any atom is -0.477 e. The lowest BCUT2D eigenvalue weighted by Gasteiger charge is -2.07. The number of fused-ring (bicyclic) bond motifs is 1. The van der Waals surface area contributed by atoms with E-state index in [1.807, 2.05) is 24.3 Å². The summed E-state index contributed by atoms with van der Waals surface area (Å²) in [6.45, 7) is 0.509. The number of hydrogen-bond donors (Lipinski definition) is 2. The molecular formula is C11H13N3O2. The fourth-order valence-corrected chi connectivity index (χ4v) is 1.41. The summed E-state index contributed by atoms with van der Waals surface area (Å²) in [5.41, 5.74) is 6.34. The van der Waals surface area contributed by atoms with Gasteiger partial charge in [0.15, 0.2) is 0 Å². The summed E-state index contributed by atoms with van der Waals surface area (Å²) in [5.74, 6) is 0.661. The smallest absolute Gasteiger partial charge is 0.226 e. The number of nitrogens with zero attached hydrogens (tertiary/aromatic N) is 2. The van der Waals surface area contributed by atoms with Crippen LogP contribution in [0.1, 0.15) is 6.42 Å². The van der Waals surface area contributed by atoms with Crippen LogP contribution in [0.3, 0.4) is 0 Å². The van der Waals surface area contributed by atoms with Gasteiger partial charge in [-0.3, -0.25) is 0 Å². The third-order valence-corrected chi connectivity index (χ3v) is 2.13. The molecule has 0 aliphatic heterocycles. The molecule has 0 amide bonds. The van der Waals surface area contributed by atoms with Gasteiger partial charge in [-0.1, -0.05) is 12.1 Å². The molecule has 2 rings (SSSR count). The monoisotopic (exact) mass is 219 g/mol. The summed E-state index contributed by atoms with van der Waals surface area (Å²) >= 11 is 0. The summed E-state index contributed by atoms with van der Waals surface area (Å²) < 4.78 is 5.45. The number of rotatable bonds is 4. The van der Waals surface area contributed by atoms with Gasteiger partial charge < -0.3 is 15.6 Å². The van der Waals surface area contributed by atoms with Crippen LogP contribution in [0.25, 0.3) is 10.9 Å². The first-order valence-electron chi connectivity index (χ1n) is 5.07. The van der Waals surface area contributed by atoms with Crippen molar-refractivity contribution in [2.75, 3.05) is 18.9 Å². The van der Waals surface area contributed by atoms with E-state index in [1.165, 1.54) is 0 Å². The van der Waals surface area contributed by atoms with E-state index in [0.29, 0.717) is 18.9 Å². The Balaban J connectivity index is 2.34. The Morgan fingerprint density at radius 1 is 1.25 bits per heavy atom. The highest BCUT2D eigenvalue weighted by molar-refractivity contribution is 5.84. The molecule has 0 unspecified atom stereocenters. The Labute approximate surface area is 92.9 Å². The van der Waals surface area contributed by atoms with Crippen LogP contribution in [0.5, 0.6) is 5.88 Å². The minimum atomic E-state index is 0.0957. The van der Waals surface area contributed by atoms with E-state index in [1.54, 1.807) is 0 Å². The summed E-state index contributed by atoms with van der Waals surface area (Å²) in [4.78, 5) is 8.14. The molecule has 16 heavy (non-hydrogen) atoms. The normalized spacial score (nSPS) is 10.6. The average Bonchev–Trinajstić information content (AvgIpc) is 2.29. The molecule has 5 nitrogen and oxygen atoms in total. The number of anilines is 1. The van der Waals surface area contributed by atoms with Gasteiger partial charge >= 0.3 is 0 Å². The van der Waals surface area contributed by atoms with Crippen molar-refractivity contribution in [3.63, 3.8) is 0 Å². The lowest BCUT2D eigenvalue weighted by Crippen LogP contribution is -2.04. The van der Waals surface area contributed by atoms with Crippen LogP contribution in [0.15, 0.2) is 24.3 Å². The second-order valence-electron chi connectivity index (χ2n) is 3.33. The maximum atomic E-state index is 8.67. The number of para-hydroxylation sites is 1.